The number of ether oxygens (including phenoxy) is 1. The maximum absolute atomic E-state index is 10.7. The number of aromatic nitrogens is 2. The molecule has 0 aliphatic heterocycles. The van der Waals surface area contributed by atoms with E-state index in [9.17, 15) is 4.79 Å². The van der Waals surface area contributed by atoms with Crippen molar-refractivity contribution in [1.82, 2.24) is 10.1 Å². The highest BCUT2D eigenvalue weighted by Gasteiger charge is 2.14. The molecule has 0 spiro atoms. The van der Waals surface area contributed by atoms with Crippen LogP contribution in [0.1, 0.15) is 29.2 Å². The lowest BCUT2D eigenvalue weighted by molar-refractivity contribution is 0.0697. The summed E-state index contributed by atoms with van der Waals surface area (Å²) in [6.45, 7) is 1.81. The summed E-state index contributed by atoms with van der Waals surface area (Å²) >= 11 is 0. The van der Waals surface area contributed by atoms with Crippen LogP contribution in [-0.4, -0.2) is 28.3 Å². The molecule has 0 saturated carbocycles. The fourth-order valence-corrected chi connectivity index (χ4v) is 1.38. The molecule has 1 N–H and O–H groups in total. The number of benzene rings is 1. The summed E-state index contributed by atoms with van der Waals surface area (Å²) in [6, 6.07) is 6.22. The van der Waals surface area contributed by atoms with Crippen molar-refractivity contribution in [2.75, 3.05) is 7.11 Å². The standard InChI is InChI=1S/C12H12N2O4/c1-7(17-2)10-13-11(18-14-10)8-3-5-9(6-4-8)12(15)16/h3-7H,1-2H3,(H,15,16). The van der Waals surface area contributed by atoms with Gasteiger partial charge in [0, 0.05) is 12.7 Å². The molecule has 2 rings (SSSR count). The zero-order valence-corrected chi connectivity index (χ0v) is 9.95. The van der Waals surface area contributed by atoms with Crippen LogP contribution in [0.5, 0.6) is 0 Å². The smallest absolute Gasteiger partial charge is 0.335 e. The van der Waals surface area contributed by atoms with Gasteiger partial charge in [0.2, 0.25) is 5.82 Å². The van der Waals surface area contributed by atoms with Gasteiger partial charge in [-0.1, -0.05) is 5.16 Å². The predicted molar refractivity (Wildman–Crippen MR) is 62.1 cm³/mol. The zero-order valence-electron chi connectivity index (χ0n) is 9.95. The van der Waals surface area contributed by atoms with Crippen LogP contribution >= 0.6 is 0 Å². The van der Waals surface area contributed by atoms with E-state index in [0.717, 1.165) is 0 Å². The Bertz CT molecular complexity index is 547. The summed E-state index contributed by atoms with van der Waals surface area (Å²) in [7, 11) is 1.56. The molecule has 1 aromatic carbocycles. The molecule has 0 amide bonds. The van der Waals surface area contributed by atoms with Crippen LogP contribution in [0.15, 0.2) is 28.8 Å². The molecular formula is C12H12N2O4. The molecule has 6 heteroatoms. The fraction of sp³-hybridized carbons (Fsp3) is 0.250. The Kier molecular flexibility index (Phi) is 3.38. The van der Waals surface area contributed by atoms with E-state index in [-0.39, 0.29) is 11.7 Å². The molecule has 94 valence electrons. The number of aromatic carboxylic acids is 1. The van der Waals surface area contributed by atoms with Crippen LogP contribution in [-0.2, 0) is 4.74 Å². The van der Waals surface area contributed by atoms with Crippen molar-refractivity contribution in [1.29, 1.82) is 0 Å². The van der Waals surface area contributed by atoms with Crippen LogP contribution in [0.4, 0.5) is 0 Å². The van der Waals surface area contributed by atoms with E-state index in [1.54, 1.807) is 19.2 Å². The molecule has 0 fully saturated rings. The maximum atomic E-state index is 10.7. The van der Waals surface area contributed by atoms with Crippen LogP contribution < -0.4 is 0 Å². The Morgan fingerprint density at radius 3 is 2.61 bits per heavy atom. The molecule has 6 nitrogen and oxygen atoms in total. The topological polar surface area (TPSA) is 85.5 Å². The highest BCUT2D eigenvalue weighted by molar-refractivity contribution is 5.88. The van der Waals surface area contributed by atoms with E-state index in [0.29, 0.717) is 17.3 Å². The monoisotopic (exact) mass is 248 g/mol. The molecule has 0 aliphatic carbocycles. The molecule has 1 heterocycles. The first-order chi connectivity index (χ1) is 8.61. The highest BCUT2D eigenvalue weighted by atomic mass is 16.5. The molecule has 0 aliphatic rings. The second kappa shape index (κ2) is 4.97. The maximum Gasteiger partial charge on any atom is 0.335 e. The molecule has 0 bridgehead atoms. The lowest BCUT2D eigenvalue weighted by atomic mass is 10.1. The number of methoxy groups -OCH3 is 1. The predicted octanol–water partition coefficient (Wildman–Crippen LogP) is 2.14. The molecular weight excluding hydrogens is 236 g/mol. The summed E-state index contributed by atoms with van der Waals surface area (Å²) in [6.07, 6.45) is -0.249. The number of carboxylic acid groups (broad SMARTS) is 1. The van der Waals surface area contributed by atoms with Crippen LogP contribution in [0.3, 0.4) is 0 Å². The lowest BCUT2D eigenvalue weighted by Crippen LogP contribution is -1.98. The Labute approximate surface area is 103 Å². The van der Waals surface area contributed by atoms with Crippen molar-refractivity contribution in [3.05, 3.63) is 35.7 Å². The second-order valence-electron chi connectivity index (χ2n) is 3.72. The minimum atomic E-state index is -0.972. The minimum Gasteiger partial charge on any atom is -0.478 e. The zero-order chi connectivity index (χ0) is 13.1. The van der Waals surface area contributed by atoms with Crippen molar-refractivity contribution in [3.8, 4) is 11.5 Å². The normalized spacial score (nSPS) is 12.3. The summed E-state index contributed by atoms with van der Waals surface area (Å²) in [4.78, 5) is 14.9. The SMILES string of the molecule is COC(C)c1noc(-c2ccc(C(=O)O)cc2)n1. The Morgan fingerprint density at radius 2 is 2.06 bits per heavy atom. The van der Waals surface area contributed by atoms with Gasteiger partial charge in [-0.25, -0.2) is 4.79 Å². The van der Waals surface area contributed by atoms with Gasteiger partial charge in [0.1, 0.15) is 6.10 Å². The van der Waals surface area contributed by atoms with E-state index in [1.807, 2.05) is 6.92 Å². The molecule has 2 aromatic rings. The molecule has 0 radical (unpaired) electrons. The fourth-order valence-electron chi connectivity index (χ4n) is 1.38. The van der Waals surface area contributed by atoms with Gasteiger partial charge in [-0.2, -0.15) is 4.98 Å². The third kappa shape index (κ3) is 2.38. The quantitative estimate of drug-likeness (QED) is 0.892. The number of hydrogen-bond acceptors (Lipinski definition) is 5. The van der Waals surface area contributed by atoms with E-state index in [1.165, 1.54) is 12.1 Å². The first kappa shape index (κ1) is 12.3. The van der Waals surface area contributed by atoms with Gasteiger partial charge in [-0.3, -0.25) is 0 Å². The summed E-state index contributed by atoms with van der Waals surface area (Å²) < 4.78 is 10.2. The third-order valence-corrected chi connectivity index (χ3v) is 2.54. The number of rotatable bonds is 4. The van der Waals surface area contributed by atoms with Crippen molar-refractivity contribution in [2.24, 2.45) is 0 Å². The largest absolute Gasteiger partial charge is 0.478 e. The molecule has 1 aromatic heterocycles. The molecule has 1 atom stereocenters. The Balaban J connectivity index is 2.26. The third-order valence-electron chi connectivity index (χ3n) is 2.54. The lowest BCUT2D eigenvalue weighted by Gasteiger charge is -2.01. The van der Waals surface area contributed by atoms with Gasteiger partial charge >= 0.3 is 5.97 Å². The Hall–Kier alpha value is -2.21. The number of carboxylic acids is 1. The average Bonchev–Trinajstić information content (AvgIpc) is 2.87. The molecule has 18 heavy (non-hydrogen) atoms. The summed E-state index contributed by atoms with van der Waals surface area (Å²) in [5.41, 5.74) is 0.880. The van der Waals surface area contributed by atoms with Gasteiger partial charge in [0.25, 0.3) is 5.89 Å². The van der Waals surface area contributed by atoms with Gasteiger partial charge in [-0.05, 0) is 31.2 Å². The summed E-state index contributed by atoms with van der Waals surface area (Å²) in [5, 5.41) is 12.6. The van der Waals surface area contributed by atoms with E-state index in [4.69, 9.17) is 14.4 Å². The minimum absolute atomic E-state index is 0.212. The van der Waals surface area contributed by atoms with Crippen molar-refractivity contribution in [2.45, 2.75) is 13.0 Å². The van der Waals surface area contributed by atoms with Crippen molar-refractivity contribution in [3.63, 3.8) is 0 Å². The first-order valence-corrected chi connectivity index (χ1v) is 5.32. The van der Waals surface area contributed by atoms with E-state index < -0.39 is 5.97 Å². The van der Waals surface area contributed by atoms with Gasteiger partial charge in [-0.15, -0.1) is 0 Å². The number of nitrogens with zero attached hydrogens (tertiary/aromatic N) is 2. The second-order valence-corrected chi connectivity index (χ2v) is 3.72. The number of hydrogen-bond donors (Lipinski definition) is 1. The highest BCUT2D eigenvalue weighted by Crippen LogP contribution is 2.20. The van der Waals surface area contributed by atoms with E-state index >= 15 is 0 Å². The van der Waals surface area contributed by atoms with Crippen LogP contribution in [0, 0.1) is 0 Å². The van der Waals surface area contributed by atoms with Crippen molar-refractivity contribution >= 4 is 5.97 Å². The molecule has 1 unspecified atom stereocenters. The Morgan fingerprint density at radius 1 is 1.39 bits per heavy atom. The number of carbonyl (C=O) groups is 1. The summed E-state index contributed by atoms with van der Waals surface area (Å²) in [5.74, 6) is -0.179. The van der Waals surface area contributed by atoms with Gasteiger partial charge < -0.3 is 14.4 Å². The van der Waals surface area contributed by atoms with Crippen LogP contribution in [0.2, 0.25) is 0 Å². The van der Waals surface area contributed by atoms with Gasteiger partial charge in [0.05, 0.1) is 5.56 Å². The van der Waals surface area contributed by atoms with Crippen molar-refractivity contribution < 1.29 is 19.2 Å². The van der Waals surface area contributed by atoms with E-state index in [2.05, 4.69) is 10.1 Å². The van der Waals surface area contributed by atoms with Crippen LogP contribution in [0.25, 0.3) is 11.5 Å². The van der Waals surface area contributed by atoms with Gasteiger partial charge in [0.15, 0.2) is 0 Å². The average molecular weight is 248 g/mol. The first-order valence-electron chi connectivity index (χ1n) is 5.32. The molecule has 0 saturated heterocycles.